The summed E-state index contributed by atoms with van der Waals surface area (Å²) >= 11 is 0. The van der Waals surface area contributed by atoms with Gasteiger partial charge in [-0.2, -0.15) is 0 Å². The lowest BCUT2D eigenvalue weighted by atomic mass is 10.6. The highest BCUT2D eigenvalue weighted by Gasteiger charge is 2.38. The fraction of sp³-hybridized carbons (Fsp3) is 0.875. The normalized spacial score (nSPS) is 11.4. The van der Waals surface area contributed by atoms with E-state index in [0.29, 0.717) is 6.04 Å². The second-order valence-corrected chi connectivity index (χ2v) is 5.71. The van der Waals surface area contributed by atoms with Gasteiger partial charge in [-0.1, -0.05) is 13.3 Å². The maximum Gasteiger partial charge on any atom is 0.502 e. The van der Waals surface area contributed by atoms with Gasteiger partial charge in [-0.05, 0) is 0 Å². The molecule has 0 bridgehead atoms. The predicted molar refractivity (Wildman–Crippen MR) is 52.6 cm³/mol. The number of hydrogen-bond donors (Lipinski definition) is 0. The zero-order valence-electron chi connectivity index (χ0n) is 9.16. The first-order chi connectivity index (χ1) is 6.60. The summed E-state index contributed by atoms with van der Waals surface area (Å²) in [6.07, 6.45) is 0.897. The van der Waals surface area contributed by atoms with E-state index in [1.54, 1.807) is 14.2 Å². The largest absolute Gasteiger partial charge is 0.502 e. The minimum atomic E-state index is -2.59. The molecule has 0 fully saturated rings. The molecule has 0 aromatic rings. The van der Waals surface area contributed by atoms with Crippen LogP contribution >= 0.6 is 0 Å². The molecule has 0 N–H and O–H groups in total. The lowest BCUT2D eigenvalue weighted by molar-refractivity contribution is -0.149. The van der Waals surface area contributed by atoms with Gasteiger partial charge in [0.25, 0.3) is 0 Å². The summed E-state index contributed by atoms with van der Waals surface area (Å²) in [6, 6.07) is 0.710. The summed E-state index contributed by atoms with van der Waals surface area (Å²) in [5, 5.41) is 0. The third-order valence-corrected chi connectivity index (χ3v) is 4.63. The molecule has 0 atom stereocenters. The van der Waals surface area contributed by atoms with Crippen molar-refractivity contribution in [1.82, 2.24) is 0 Å². The second-order valence-electron chi connectivity index (χ2n) is 2.74. The quantitative estimate of drug-likeness (QED) is 0.367. The van der Waals surface area contributed by atoms with Gasteiger partial charge in [-0.15, -0.1) is 0 Å². The average molecular weight is 222 g/mol. The topological polar surface area (TPSA) is 54.0 Å². The summed E-state index contributed by atoms with van der Waals surface area (Å²) in [5.41, 5.74) is 0. The van der Waals surface area contributed by atoms with Gasteiger partial charge in [0.2, 0.25) is 0 Å². The van der Waals surface area contributed by atoms with E-state index in [1.165, 1.54) is 6.92 Å². The Morgan fingerprint density at radius 3 is 2.21 bits per heavy atom. The van der Waals surface area contributed by atoms with Crippen LogP contribution in [0.2, 0.25) is 6.04 Å². The van der Waals surface area contributed by atoms with Crippen molar-refractivity contribution in [3.05, 3.63) is 0 Å². The number of carbonyl (C=O) groups excluding carboxylic acids is 1. The van der Waals surface area contributed by atoms with Crippen molar-refractivity contribution in [2.24, 2.45) is 0 Å². The highest BCUT2D eigenvalue weighted by Crippen LogP contribution is 2.15. The van der Waals surface area contributed by atoms with Crippen molar-refractivity contribution in [2.45, 2.75) is 26.3 Å². The molecular weight excluding hydrogens is 204 g/mol. The molecule has 14 heavy (non-hydrogen) atoms. The Balaban J connectivity index is 4.00. The monoisotopic (exact) mass is 222 g/mol. The van der Waals surface area contributed by atoms with Crippen LogP contribution in [0.4, 0.5) is 0 Å². The molecule has 5 nitrogen and oxygen atoms in total. The number of hydrogen-bond acceptors (Lipinski definition) is 5. The third kappa shape index (κ3) is 4.71. The van der Waals surface area contributed by atoms with E-state index < -0.39 is 8.80 Å². The van der Waals surface area contributed by atoms with Gasteiger partial charge in [0, 0.05) is 27.2 Å². The highest BCUT2D eigenvalue weighted by atomic mass is 28.4. The molecule has 0 radical (unpaired) electrons. The lowest BCUT2D eigenvalue weighted by Crippen LogP contribution is -2.44. The molecule has 0 aliphatic heterocycles. The Morgan fingerprint density at radius 1 is 1.29 bits per heavy atom. The molecule has 0 saturated heterocycles. The molecule has 84 valence electrons. The van der Waals surface area contributed by atoms with Crippen molar-refractivity contribution in [3.8, 4) is 0 Å². The molecule has 0 aliphatic rings. The van der Waals surface area contributed by atoms with Crippen molar-refractivity contribution in [2.75, 3.05) is 21.0 Å². The van der Waals surface area contributed by atoms with Crippen LogP contribution in [0.15, 0.2) is 0 Å². The SMILES string of the molecule is CCC[Si](OC)(OC)OCOC(C)=O. The minimum Gasteiger partial charge on any atom is -0.440 e. The van der Waals surface area contributed by atoms with Crippen LogP contribution < -0.4 is 0 Å². The first kappa shape index (κ1) is 13.6. The van der Waals surface area contributed by atoms with Crippen LogP contribution in [-0.2, 0) is 22.8 Å². The third-order valence-electron chi connectivity index (χ3n) is 1.72. The van der Waals surface area contributed by atoms with Gasteiger partial charge in [-0.25, -0.2) is 0 Å². The summed E-state index contributed by atoms with van der Waals surface area (Å²) in [7, 11) is 0.494. The van der Waals surface area contributed by atoms with E-state index in [9.17, 15) is 4.79 Å². The fourth-order valence-corrected chi connectivity index (χ4v) is 2.79. The Kier molecular flexibility index (Phi) is 6.72. The number of rotatable bonds is 7. The lowest BCUT2D eigenvalue weighted by Gasteiger charge is -2.25. The van der Waals surface area contributed by atoms with E-state index in [-0.39, 0.29) is 12.8 Å². The Morgan fingerprint density at radius 2 is 1.86 bits per heavy atom. The van der Waals surface area contributed by atoms with Gasteiger partial charge in [-0.3, -0.25) is 4.79 Å². The minimum absolute atomic E-state index is 0.108. The van der Waals surface area contributed by atoms with E-state index in [2.05, 4.69) is 4.74 Å². The van der Waals surface area contributed by atoms with E-state index in [4.69, 9.17) is 13.3 Å². The molecule has 0 aliphatic carbocycles. The maximum absolute atomic E-state index is 10.5. The van der Waals surface area contributed by atoms with Crippen molar-refractivity contribution >= 4 is 14.8 Å². The zero-order chi connectivity index (χ0) is 11.0. The van der Waals surface area contributed by atoms with Crippen molar-refractivity contribution < 1.29 is 22.8 Å². The molecule has 0 aromatic heterocycles. The molecule has 0 heterocycles. The Labute approximate surface area is 85.7 Å². The standard InChI is InChI=1S/C8H18O5Si/c1-5-6-14(10-3,11-4)13-7-12-8(2)9/h5-7H2,1-4H3. The van der Waals surface area contributed by atoms with Gasteiger partial charge < -0.3 is 18.0 Å². The summed E-state index contributed by atoms with van der Waals surface area (Å²) < 4.78 is 20.4. The number of ether oxygens (including phenoxy) is 1. The molecule has 0 amide bonds. The van der Waals surface area contributed by atoms with Gasteiger partial charge >= 0.3 is 14.8 Å². The Hall–Kier alpha value is -0.433. The van der Waals surface area contributed by atoms with Crippen LogP contribution in [0.3, 0.4) is 0 Å². The number of carbonyl (C=O) groups is 1. The first-order valence-electron chi connectivity index (χ1n) is 4.48. The van der Waals surface area contributed by atoms with Crippen LogP contribution in [0.25, 0.3) is 0 Å². The van der Waals surface area contributed by atoms with Gasteiger partial charge in [0.05, 0.1) is 0 Å². The average Bonchev–Trinajstić information content (AvgIpc) is 2.16. The molecule has 0 aromatic carbocycles. The first-order valence-corrected chi connectivity index (χ1v) is 6.41. The Bertz CT molecular complexity index is 169. The van der Waals surface area contributed by atoms with Crippen LogP contribution in [0, 0.1) is 0 Å². The zero-order valence-corrected chi connectivity index (χ0v) is 10.2. The second kappa shape index (κ2) is 6.94. The summed E-state index contributed by atoms with van der Waals surface area (Å²) in [5.74, 6) is -0.378. The highest BCUT2D eigenvalue weighted by molar-refractivity contribution is 6.60. The van der Waals surface area contributed by atoms with Crippen LogP contribution in [0.1, 0.15) is 20.3 Å². The predicted octanol–water partition coefficient (Wildman–Crippen LogP) is 1.17. The summed E-state index contributed by atoms with van der Waals surface area (Å²) in [6.45, 7) is 3.23. The van der Waals surface area contributed by atoms with E-state index in [0.717, 1.165) is 6.42 Å². The molecule has 0 unspecified atom stereocenters. The van der Waals surface area contributed by atoms with E-state index >= 15 is 0 Å². The van der Waals surface area contributed by atoms with Gasteiger partial charge in [0.15, 0.2) is 6.79 Å². The molecule has 6 heteroatoms. The maximum atomic E-state index is 10.5. The van der Waals surface area contributed by atoms with Crippen molar-refractivity contribution in [3.63, 3.8) is 0 Å². The van der Waals surface area contributed by atoms with Gasteiger partial charge in [0.1, 0.15) is 0 Å². The number of esters is 1. The fourth-order valence-electron chi connectivity index (χ4n) is 0.986. The van der Waals surface area contributed by atoms with Crippen LogP contribution in [0.5, 0.6) is 0 Å². The molecular formula is C8H18O5Si. The molecule has 0 rings (SSSR count). The summed E-state index contributed by atoms with van der Waals surface area (Å²) in [4.78, 5) is 10.5. The molecule has 0 spiro atoms. The van der Waals surface area contributed by atoms with Crippen molar-refractivity contribution in [1.29, 1.82) is 0 Å². The van der Waals surface area contributed by atoms with Crippen LogP contribution in [-0.4, -0.2) is 35.8 Å². The van der Waals surface area contributed by atoms with E-state index in [1.807, 2.05) is 6.92 Å². The smallest absolute Gasteiger partial charge is 0.440 e. The molecule has 0 saturated carbocycles.